The molecule has 7 heteroatoms. The number of fused-ring (bicyclic) bond motifs is 2. The highest BCUT2D eigenvalue weighted by Gasteiger charge is 2.29. The highest BCUT2D eigenvalue weighted by molar-refractivity contribution is 5.98. The monoisotopic (exact) mass is 407 g/mol. The van der Waals surface area contributed by atoms with E-state index in [1.165, 1.54) is 23.1 Å². The number of nitrogens with zero attached hydrogens (tertiary/aromatic N) is 3. The number of H-pyrrole nitrogens is 2. The van der Waals surface area contributed by atoms with E-state index in [1.807, 2.05) is 18.2 Å². The summed E-state index contributed by atoms with van der Waals surface area (Å²) in [6.45, 7) is 6.10. The average Bonchev–Trinajstić information content (AvgIpc) is 3.28. The summed E-state index contributed by atoms with van der Waals surface area (Å²) in [5.74, 6) is -0.269. The van der Waals surface area contributed by atoms with E-state index < -0.39 is 0 Å². The Kier molecular flexibility index (Phi) is 4.92. The molecule has 2 amide bonds. The number of likely N-dealkylation sites (N-methyl/N-ethyl adjacent to an activating group) is 2. The van der Waals surface area contributed by atoms with Crippen LogP contribution in [0.1, 0.15) is 38.4 Å². The van der Waals surface area contributed by atoms with E-state index in [9.17, 15) is 9.59 Å². The van der Waals surface area contributed by atoms with Gasteiger partial charge in [0.25, 0.3) is 0 Å². The normalized spacial score (nSPS) is 15.1. The van der Waals surface area contributed by atoms with E-state index >= 15 is 0 Å². The van der Waals surface area contributed by atoms with Gasteiger partial charge < -0.3 is 14.8 Å². The molecular formula is C23H29N5O2. The summed E-state index contributed by atoms with van der Waals surface area (Å²) in [4.78, 5) is 30.4. The van der Waals surface area contributed by atoms with Crippen molar-refractivity contribution < 1.29 is 9.59 Å². The van der Waals surface area contributed by atoms with Crippen LogP contribution in [-0.4, -0.2) is 52.5 Å². The molecule has 4 rings (SSSR count). The number of carbonyl (C=O) groups is 2. The van der Waals surface area contributed by atoms with Gasteiger partial charge in [-0.3, -0.25) is 14.7 Å². The number of hydrogen-bond donors (Lipinski definition) is 2. The summed E-state index contributed by atoms with van der Waals surface area (Å²) in [5.41, 5.74) is 6.56. The predicted molar refractivity (Wildman–Crippen MR) is 118 cm³/mol. The third kappa shape index (κ3) is 3.72. The van der Waals surface area contributed by atoms with Gasteiger partial charge >= 0.3 is 0 Å². The first-order valence-electron chi connectivity index (χ1n) is 10.3. The number of hydrogen-bond acceptors (Lipinski definition) is 3. The van der Waals surface area contributed by atoms with Gasteiger partial charge in [0, 0.05) is 48.9 Å². The van der Waals surface area contributed by atoms with Crippen LogP contribution in [0.5, 0.6) is 0 Å². The lowest BCUT2D eigenvalue weighted by molar-refractivity contribution is -0.132. The van der Waals surface area contributed by atoms with Gasteiger partial charge in [-0.15, -0.1) is 0 Å². The van der Waals surface area contributed by atoms with Crippen LogP contribution in [0.4, 0.5) is 5.69 Å². The van der Waals surface area contributed by atoms with Crippen LogP contribution in [0, 0.1) is 5.41 Å². The summed E-state index contributed by atoms with van der Waals surface area (Å²) in [6.07, 6.45) is 3.19. The van der Waals surface area contributed by atoms with Crippen molar-refractivity contribution in [1.29, 1.82) is 0 Å². The molecule has 158 valence electrons. The molecule has 1 aliphatic rings. The number of benzene rings is 1. The van der Waals surface area contributed by atoms with Crippen molar-refractivity contribution in [3.63, 3.8) is 0 Å². The van der Waals surface area contributed by atoms with Crippen molar-refractivity contribution in [3.8, 4) is 11.4 Å². The topological polar surface area (TPSA) is 85.1 Å². The molecule has 0 saturated heterocycles. The molecule has 0 atom stereocenters. The van der Waals surface area contributed by atoms with Gasteiger partial charge in [0.1, 0.15) is 5.69 Å². The van der Waals surface area contributed by atoms with Gasteiger partial charge in [0.05, 0.1) is 12.2 Å². The Balaban J connectivity index is 1.60. The maximum Gasteiger partial charge on any atom is 0.246 e. The van der Waals surface area contributed by atoms with Gasteiger partial charge in [-0.2, -0.15) is 5.10 Å². The summed E-state index contributed by atoms with van der Waals surface area (Å²) < 4.78 is 0. The molecule has 3 aromatic rings. The lowest BCUT2D eigenvalue weighted by Gasteiger charge is -2.28. The molecule has 0 spiro atoms. The van der Waals surface area contributed by atoms with E-state index in [0.29, 0.717) is 5.41 Å². The summed E-state index contributed by atoms with van der Waals surface area (Å²) >= 11 is 0. The highest BCUT2D eigenvalue weighted by atomic mass is 16.2. The smallest absolute Gasteiger partial charge is 0.246 e. The van der Waals surface area contributed by atoms with Crippen LogP contribution >= 0.6 is 0 Å². The molecule has 0 aliphatic heterocycles. The second-order valence-corrected chi connectivity index (χ2v) is 9.15. The molecule has 0 unspecified atom stereocenters. The van der Waals surface area contributed by atoms with Crippen LogP contribution in [0.3, 0.4) is 0 Å². The minimum atomic E-state index is -0.136. The first kappa shape index (κ1) is 20.2. The van der Waals surface area contributed by atoms with Gasteiger partial charge in [0.2, 0.25) is 11.8 Å². The van der Waals surface area contributed by atoms with Crippen molar-refractivity contribution in [1.82, 2.24) is 20.1 Å². The molecular weight excluding hydrogens is 378 g/mol. The zero-order chi connectivity index (χ0) is 21.6. The van der Waals surface area contributed by atoms with Crippen LogP contribution in [0.25, 0.3) is 22.3 Å². The highest BCUT2D eigenvalue weighted by Crippen LogP contribution is 2.38. The summed E-state index contributed by atoms with van der Waals surface area (Å²) in [5, 5.41) is 8.92. The van der Waals surface area contributed by atoms with Crippen molar-refractivity contribution >= 4 is 28.4 Å². The molecule has 0 saturated carbocycles. The number of anilines is 1. The zero-order valence-corrected chi connectivity index (χ0v) is 18.3. The fourth-order valence-corrected chi connectivity index (χ4v) is 4.09. The quantitative estimate of drug-likeness (QED) is 0.694. The summed E-state index contributed by atoms with van der Waals surface area (Å²) in [7, 11) is 3.35. The molecule has 1 aromatic carbocycles. The Morgan fingerprint density at radius 2 is 1.97 bits per heavy atom. The number of aromatic amines is 2. The second kappa shape index (κ2) is 7.31. The van der Waals surface area contributed by atoms with Crippen molar-refractivity contribution in [2.45, 2.75) is 40.0 Å². The molecule has 0 fully saturated rings. The Labute approximate surface area is 176 Å². The molecule has 0 bridgehead atoms. The molecule has 7 nitrogen and oxygen atoms in total. The number of carbonyl (C=O) groups excluding carboxylic acids is 2. The van der Waals surface area contributed by atoms with E-state index in [1.54, 1.807) is 19.0 Å². The van der Waals surface area contributed by atoms with E-state index in [0.717, 1.165) is 47.2 Å². The summed E-state index contributed by atoms with van der Waals surface area (Å²) in [6, 6.07) is 8.01. The van der Waals surface area contributed by atoms with Crippen molar-refractivity contribution in [2.24, 2.45) is 5.41 Å². The standard InChI is InChI=1S/C23H29N5O2/c1-14(29)27(4)13-21(30)28(5)16-7-6-15-10-19(24-18(15)11-16)22-17-8-9-23(2,3)12-20(17)25-26-22/h6-7,10-11,24H,8-9,12-13H2,1-5H3,(H,25,26). The molecule has 1 aliphatic carbocycles. The maximum absolute atomic E-state index is 12.5. The minimum absolute atomic E-state index is 0.0512. The van der Waals surface area contributed by atoms with E-state index in [-0.39, 0.29) is 18.4 Å². The average molecular weight is 408 g/mol. The van der Waals surface area contributed by atoms with Crippen LogP contribution < -0.4 is 4.90 Å². The van der Waals surface area contributed by atoms with Crippen LogP contribution in [0.15, 0.2) is 24.3 Å². The lowest BCUT2D eigenvalue weighted by Crippen LogP contribution is -2.38. The van der Waals surface area contributed by atoms with Gasteiger partial charge in [-0.25, -0.2) is 0 Å². The first-order chi connectivity index (χ1) is 14.1. The fourth-order valence-electron chi connectivity index (χ4n) is 4.09. The third-order valence-corrected chi connectivity index (χ3v) is 6.19. The Bertz CT molecular complexity index is 1120. The van der Waals surface area contributed by atoms with Crippen LogP contribution in [-0.2, 0) is 22.4 Å². The van der Waals surface area contributed by atoms with Crippen LogP contribution in [0.2, 0.25) is 0 Å². The number of nitrogens with one attached hydrogen (secondary N) is 2. The largest absolute Gasteiger partial charge is 0.353 e. The van der Waals surface area contributed by atoms with E-state index in [4.69, 9.17) is 0 Å². The second-order valence-electron chi connectivity index (χ2n) is 9.15. The molecule has 2 N–H and O–H groups in total. The number of amides is 2. The SMILES string of the molecule is CC(=O)N(C)CC(=O)N(C)c1ccc2cc(-c3n[nH]c4c3CCC(C)(C)C4)[nH]c2c1. The lowest BCUT2D eigenvalue weighted by atomic mass is 9.76. The maximum atomic E-state index is 12.5. The Morgan fingerprint density at radius 3 is 2.70 bits per heavy atom. The molecule has 2 aromatic heterocycles. The molecule has 30 heavy (non-hydrogen) atoms. The third-order valence-electron chi connectivity index (χ3n) is 6.19. The van der Waals surface area contributed by atoms with Crippen molar-refractivity contribution in [2.75, 3.05) is 25.5 Å². The van der Waals surface area contributed by atoms with Crippen molar-refractivity contribution in [3.05, 3.63) is 35.5 Å². The molecule has 0 radical (unpaired) electrons. The minimum Gasteiger partial charge on any atom is -0.353 e. The first-order valence-corrected chi connectivity index (χ1v) is 10.3. The van der Waals surface area contributed by atoms with E-state index in [2.05, 4.69) is 35.1 Å². The predicted octanol–water partition coefficient (Wildman–Crippen LogP) is 3.51. The number of rotatable bonds is 4. The molecule has 2 heterocycles. The van der Waals surface area contributed by atoms with Gasteiger partial charge in [-0.05, 0) is 42.9 Å². The fraction of sp³-hybridized carbons (Fsp3) is 0.435. The number of aromatic nitrogens is 3. The zero-order valence-electron chi connectivity index (χ0n) is 18.3. The van der Waals surface area contributed by atoms with Gasteiger partial charge in [-0.1, -0.05) is 19.9 Å². The Hall–Kier alpha value is -3.09. The van der Waals surface area contributed by atoms with Gasteiger partial charge in [0.15, 0.2) is 0 Å². The Morgan fingerprint density at radius 1 is 1.20 bits per heavy atom.